The first-order valence-corrected chi connectivity index (χ1v) is 18.8. The summed E-state index contributed by atoms with van der Waals surface area (Å²) in [6.07, 6.45) is 0. The smallest absolute Gasteiger partial charge is 0.164 e. The first-order chi connectivity index (χ1) is 27.8. The van der Waals surface area contributed by atoms with Crippen LogP contribution >= 0.6 is 0 Å². The Kier molecular flexibility index (Phi) is 7.42. The lowest BCUT2D eigenvalue weighted by atomic mass is 9.97. The SMILES string of the molecule is c1ccc(-c2cccc(-c3cc(-n4c5ccccc5c5c(-c6nc(-c7ccccc7)nc(-c7ccccc7)n6)cccc54)cc4c3oc3ccccc34)c2)cc1. The van der Waals surface area contributed by atoms with Crippen LogP contribution in [-0.2, 0) is 0 Å². The quantitative estimate of drug-likeness (QED) is 0.172. The largest absolute Gasteiger partial charge is 0.455 e. The Morgan fingerprint density at radius 1 is 0.357 bits per heavy atom. The van der Waals surface area contributed by atoms with Gasteiger partial charge in [-0.1, -0.05) is 158 Å². The monoisotopic (exact) mass is 716 g/mol. The van der Waals surface area contributed by atoms with Crippen molar-refractivity contribution in [2.75, 3.05) is 0 Å². The van der Waals surface area contributed by atoms with E-state index in [-0.39, 0.29) is 0 Å². The second kappa shape index (κ2) is 13.0. The molecule has 0 spiro atoms. The minimum atomic E-state index is 0.626. The molecule has 0 aliphatic rings. The van der Waals surface area contributed by atoms with E-state index in [9.17, 15) is 0 Å². The maximum Gasteiger partial charge on any atom is 0.164 e. The van der Waals surface area contributed by atoms with Gasteiger partial charge in [0.05, 0.1) is 11.0 Å². The molecule has 11 aromatic rings. The van der Waals surface area contributed by atoms with E-state index in [4.69, 9.17) is 19.4 Å². The van der Waals surface area contributed by atoms with Crippen LogP contribution in [0.15, 0.2) is 199 Å². The number of benzene rings is 8. The van der Waals surface area contributed by atoms with Gasteiger partial charge in [0, 0.05) is 49.5 Å². The van der Waals surface area contributed by atoms with E-state index >= 15 is 0 Å². The van der Waals surface area contributed by atoms with Crippen LogP contribution in [0, 0.1) is 0 Å². The van der Waals surface area contributed by atoms with Gasteiger partial charge in [-0.05, 0) is 53.1 Å². The highest BCUT2D eigenvalue weighted by Gasteiger charge is 2.22. The van der Waals surface area contributed by atoms with Crippen LogP contribution in [-0.4, -0.2) is 19.5 Å². The van der Waals surface area contributed by atoms with Crippen LogP contribution in [0.5, 0.6) is 0 Å². The molecule has 0 aliphatic heterocycles. The fourth-order valence-electron chi connectivity index (χ4n) is 8.07. The molecule has 3 heterocycles. The van der Waals surface area contributed by atoms with Crippen molar-refractivity contribution in [3.8, 4) is 62.1 Å². The molecule has 0 N–H and O–H groups in total. The number of nitrogens with zero attached hydrogens (tertiary/aromatic N) is 4. The van der Waals surface area contributed by atoms with Gasteiger partial charge in [-0.25, -0.2) is 15.0 Å². The summed E-state index contributed by atoms with van der Waals surface area (Å²) in [4.78, 5) is 15.3. The lowest BCUT2D eigenvalue weighted by molar-refractivity contribution is 0.670. The third-order valence-corrected chi connectivity index (χ3v) is 10.6. The first kappa shape index (κ1) is 31.9. The van der Waals surface area contributed by atoms with E-state index in [2.05, 4.69) is 126 Å². The predicted octanol–water partition coefficient (Wildman–Crippen LogP) is 13.2. The molecule has 0 amide bonds. The van der Waals surface area contributed by atoms with Gasteiger partial charge in [-0.2, -0.15) is 0 Å². The fourth-order valence-corrected chi connectivity index (χ4v) is 8.07. The highest BCUT2D eigenvalue weighted by atomic mass is 16.3. The van der Waals surface area contributed by atoms with E-state index in [0.29, 0.717) is 17.5 Å². The molecule has 8 aromatic carbocycles. The summed E-state index contributed by atoms with van der Waals surface area (Å²) in [5.74, 6) is 1.89. The molecule has 262 valence electrons. The molecule has 0 saturated heterocycles. The number of hydrogen-bond donors (Lipinski definition) is 0. The molecule has 56 heavy (non-hydrogen) atoms. The molecule has 0 bridgehead atoms. The molecule has 0 atom stereocenters. The molecule has 0 saturated carbocycles. The summed E-state index contributed by atoms with van der Waals surface area (Å²) in [5, 5.41) is 4.35. The van der Waals surface area contributed by atoms with E-state index in [1.807, 2.05) is 72.8 Å². The zero-order valence-corrected chi connectivity index (χ0v) is 30.2. The standard InChI is InChI=1S/C51H32N4O/c1-4-16-33(17-5-1)36-22-14-23-37(30-36)42-31-38(32-43-39-24-11-13-29-46(39)56-48(42)43)55-44-27-12-10-25-40(44)47-41(26-15-28-45(47)55)51-53-49(34-18-6-2-7-19-34)52-50(54-51)35-20-8-3-9-21-35/h1-32H. The van der Waals surface area contributed by atoms with Crippen molar-refractivity contribution in [1.29, 1.82) is 0 Å². The molecule has 0 radical (unpaired) electrons. The number of para-hydroxylation sites is 2. The second-order valence-corrected chi connectivity index (χ2v) is 14.0. The minimum absolute atomic E-state index is 0.626. The average Bonchev–Trinajstić information content (AvgIpc) is 3.83. The summed E-state index contributed by atoms with van der Waals surface area (Å²) in [5.41, 5.74) is 12.2. The van der Waals surface area contributed by atoms with Crippen molar-refractivity contribution in [2.45, 2.75) is 0 Å². The van der Waals surface area contributed by atoms with Gasteiger partial charge in [0.15, 0.2) is 17.5 Å². The van der Waals surface area contributed by atoms with E-state index < -0.39 is 0 Å². The van der Waals surface area contributed by atoms with Crippen molar-refractivity contribution in [1.82, 2.24) is 19.5 Å². The Hall–Kier alpha value is -7.63. The zero-order valence-electron chi connectivity index (χ0n) is 30.2. The maximum atomic E-state index is 6.67. The van der Waals surface area contributed by atoms with Crippen LogP contribution < -0.4 is 0 Å². The number of furan rings is 1. The van der Waals surface area contributed by atoms with E-state index in [0.717, 1.165) is 82.8 Å². The molecule has 5 heteroatoms. The molecular formula is C51H32N4O. The van der Waals surface area contributed by atoms with Gasteiger partial charge in [-0.15, -0.1) is 0 Å². The Bertz CT molecular complexity index is 3180. The van der Waals surface area contributed by atoms with E-state index in [1.54, 1.807) is 0 Å². The topological polar surface area (TPSA) is 56.7 Å². The highest BCUT2D eigenvalue weighted by molar-refractivity contribution is 6.16. The molecule has 0 unspecified atom stereocenters. The summed E-state index contributed by atoms with van der Waals surface area (Å²) in [6, 6.07) is 67.4. The second-order valence-electron chi connectivity index (χ2n) is 14.0. The molecule has 5 nitrogen and oxygen atoms in total. The first-order valence-electron chi connectivity index (χ1n) is 18.8. The Balaban J connectivity index is 1.18. The number of hydrogen-bond acceptors (Lipinski definition) is 4. The molecular weight excluding hydrogens is 685 g/mol. The molecule has 0 fully saturated rings. The zero-order chi connectivity index (χ0) is 37.0. The number of rotatable bonds is 6. The van der Waals surface area contributed by atoms with E-state index in [1.165, 1.54) is 5.56 Å². The van der Waals surface area contributed by atoms with Crippen molar-refractivity contribution < 1.29 is 4.42 Å². The van der Waals surface area contributed by atoms with Crippen LogP contribution in [0.2, 0.25) is 0 Å². The van der Waals surface area contributed by atoms with Crippen molar-refractivity contribution in [2.24, 2.45) is 0 Å². The van der Waals surface area contributed by atoms with Crippen LogP contribution in [0.4, 0.5) is 0 Å². The van der Waals surface area contributed by atoms with Crippen LogP contribution in [0.25, 0.3) is 106 Å². The number of aromatic nitrogens is 4. The minimum Gasteiger partial charge on any atom is -0.455 e. The van der Waals surface area contributed by atoms with Crippen molar-refractivity contribution in [3.05, 3.63) is 194 Å². The lowest BCUT2D eigenvalue weighted by Crippen LogP contribution is -2.00. The molecule has 0 aliphatic carbocycles. The molecule has 3 aromatic heterocycles. The fraction of sp³-hybridized carbons (Fsp3) is 0. The van der Waals surface area contributed by atoms with Gasteiger partial charge >= 0.3 is 0 Å². The third kappa shape index (κ3) is 5.29. The summed E-state index contributed by atoms with van der Waals surface area (Å²) >= 11 is 0. The molecule has 11 rings (SSSR count). The van der Waals surface area contributed by atoms with Crippen molar-refractivity contribution in [3.63, 3.8) is 0 Å². The van der Waals surface area contributed by atoms with Gasteiger partial charge in [-0.3, -0.25) is 0 Å². The average molecular weight is 717 g/mol. The summed E-state index contributed by atoms with van der Waals surface area (Å²) in [6.45, 7) is 0. The van der Waals surface area contributed by atoms with Gasteiger partial charge in [0.2, 0.25) is 0 Å². The predicted molar refractivity (Wildman–Crippen MR) is 229 cm³/mol. The lowest BCUT2D eigenvalue weighted by Gasteiger charge is -2.13. The normalized spacial score (nSPS) is 11.6. The Labute approximate surface area is 322 Å². The highest BCUT2D eigenvalue weighted by Crippen LogP contribution is 2.43. The van der Waals surface area contributed by atoms with Gasteiger partial charge in [0.25, 0.3) is 0 Å². The maximum absolute atomic E-state index is 6.67. The Morgan fingerprint density at radius 2 is 0.911 bits per heavy atom. The third-order valence-electron chi connectivity index (χ3n) is 10.6. The van der Waals surface area contributed by atoms with Crippen LogP contribution in [0.3, 0.4) is 0 Å². The Morgan fingerprint density at radius 3 is 1.64 bits per heavy atom. The summed E-state index contributed by atoms with van der Waals surface area (Å²) < 4.78 is 9.04. The van der Waals surface area contributed by atoms with Gasteiger partial charge < -0.3 is 8.98 Å². The van der Waals surface area contributed by atoms with Crippen LogP contribution in [0.1, 0.15) is 0 Å². The summed E-state index contributed by atoms with van der Waals surface area (Å²) in [7, 11) is 0. The van der Waals surface area contributed by atoms with Crippen molar-refractivity contribution >= 4 is 43.7 Å². The van der Waals surface area contributed by atoms with Gasteiger partial charge in [0.1, 0.15) is 11.2 Å². The number of fused-ring (bicyclic) bond motifs is 6.